The van der Waals surface area contributed by atoms with Gasteiger partial charge in [0, 0.05) is 22.4 Å². The molecule has 0 aliphatic carbocycles. The van der Waals surface area contributed by atoms with Crippen LogP contribution in [0.15, 0.2) is 22.8 Å². The Balaban J connectivity index is 2.28. The Bertz CT molecular complexity index is 634. The first kappa shape index (κ1) is 15.0. The van der Waals surface area contributed by atoms with Crippen LogP contribution in [0.4, 0.5) is 5.95 Å². The number of aromatic nitrogens is 3. The van der Waals surface area contributed by atoms with Crippen molar-refractivity contribution in [3.8, 4) is 0 Å². The summed E-state index contributed by atoms with van der Waals surface area (Å²) in [7, 11) is 0. The van der Waals surface area contributed by atoms with Crippen LogP contribution in [0.3, 0.4) is 0 Å². The molecule has 2 aromatic rings. The van der Waals surface area contributed by atoms with Gasteiger partial charge in [0.1, 0.15) is 10.8 Å². The lowest BCUT2D eigenvalue weighted by atomic mass is 10.3. The number of aryl methyl sites for hydroxylation is 1. The number of carbonyl (C=O) groups is 1. The summed E-state index contributed by atoms with van der Waals surface area (Å²) in [5.74, 6) is -0.0707. The summed E-state index contributed by atoms with van der Waals surface area (Å²) in [6, 6.07) is 3.56. The minimum atomic E-state index is -0.272. The molecule has 0 unspecified atom stereocenters. The number of hydrogen-bond donors (Lipinski definition) is 1. The highest BCUT2D eigenvalue weighted by atomic mass is 79.9. The van der Waals surface area contributed by atoms with E-state index in [0.29, 0.717) is 16.5 Å². The summed E-state index contributed by atoms with van der Waals surface area (Å²) >= 11 is 9.23. The largest absolute Gasteiger partial charge is 0.340 e. The molecule has 5 nitrogen and oxygen atoms in total. The molecule has 0 atom stereocenters. The molecule has 2 rings (SSSR count). The van der Waals surface area contributed by atoms with Gasteiger partial charge >= 0.3 is 0 Å². The number of halogens is 2. The predicted molar refractivity (Wildman–Crippen MR) is 82.2 cm³/mol. The van der Waals surface area contributed by atoms with Crippen LogP contribution in [-0.4, -0.2) is 20.4 Å². The zero-order valence-electron chi connectivity index (χ0n) is 11.3. The lowest BCUT2D eigenvalue weighted by molar-refractivity contribution is 0.101. The number of rotatable bonds is 3. The van der Waals surface area contributed by atoms with E-state index in [0.717, 1.165) is 4.47 Å². The second-order valence-corrected chi connectivity index (χ2v) is 5.96. The molecule has 0 aliphatic heterocycles. The van der Waals surface area contributed by atoms with Gasteiger partial charge in [-0.1, -0.05) is 11.6 Å². The van der Waals surface area contributed by atoms with E-state index >= 15 is 0 Å². The van der Waals surface area contributed by atoms with Crippen LogP contribution in [-0.2, 0) is 0 Å². The van der Waals surface area contributed by atoms with Crippen molar-refractivity contribution in [2.45, 2.75) is 26.8 Å². The second kappa shape index (κ2) is 5.93. The maximum absolute atomic E-state index is 12.3. The minimum Gasteiger partial charge on any atom is -0.340 e. The van der Waals surface area contributed by atoms with E-state index in [1.54, 1.807) is 19.1 Å². The molecule has 0 aliphatic rings. The highest BCUT2D eigenvalue weighted by Gasteiger charge is 2.16. The zero-order valence-corrected chi connectivity index (χ0v) is 13.7. The highest BCUT2D eigenvalue weighted by molar-refractivity contribution is 9.10. The summed E-state index contributed by atoms with van der Waals surface area (Å²) in [5, 5.41) is 2.96. The van der Waals surface area contributed by atoms with E-state index in [1.807, 2.05) is 24.6 Å². The number of hydrogen-bond acceptors (Lipinski definition) is 3. The molecule has 0 aromatic carbocycles. The molecule has 0 bridgehead atoms. The van der Waals surface area contributed by atoms with Crippen LogP contribution in [0.2, 0.25) is 5.15 Å². The normalized spacial score (nSPS) is 10.9. The summed E-state index contributed by atoms with van der Waals surface area (Å²) in [5.41, 5.74) is 1.23. The third-order valence-corrected chi connectivity index (χ3v) is 3.28. The standard InChI is InChI=1S/C13H14BrClN4O/c1-7(2)19-6-9(14)5-10(19)12(20)18-13-16-8(3)4-11(15)17-13/h4-7H,1-3H3,(H,16,17,18,20). The summed E-state index contributed by atoms with van der Waals surface area (Å²) in [6.45, 7) is 5.79. The fourth-order valence-electron chi connectivity index (χ4n) is 1.81. The first-order chi connectivity index (χ1) is 9.36. The topological polar surface area (TPSA) is 59.8 Å². The van der Waals surface area contributed by atoms with Gasteiger partial charge in [-0.25, -0.2) is 9.97 Å². The summed E-state index contributed by atoms with van der Waals surface area (Å²) in [6.07, 6.45) is 1.86. The first-order valence-corrected chi connectivity index (χ1v) is 7.24. The molecule has 1 amide bonds. The van der Waals surface area contributed by atoms with Crippen molar-refractivity contribution in [3.63, 3.8) is 0 Å². The van der Waals surface area contributed by atoms with Crippen molar-refractivity contribution in [1.82, 2.24) is 14.5 Å². The molecule has 106 valence electrons. The Morgan fingerprint density at radius 3 is 2.70 bits per heavy atom. The number of nitrogens with one attached hydrogen (secondary N) is 1. The average Bonchev–Trinajstić information content (AvgIpc) is 2.70. The fraction of sp³-hybridized carbons (Fsp3) is 0.308. The van der Waals surface area contributed by atoms with Gasteiger partial charge < -0.3 is 4.57 Å². The third-order valence-electron chi connectivity index (χ3n) is 2.65. The average molecular weight is 358 g/mol. The Labute approximate surface area is 130 Å². The molecular formula is C13H14BrClN4O. The highest BCUT2D eigenvalue weighted by Crippen LogP contribution is 2.20. The SMILES string of the molecule is Cc1cc(Cl)nc(NC(=O)c2cc(Br)cn2C(C)C)n1. The lowest BCUT2D eigenvalue weighted by Crippen LogP contribution is -2.19. The first-order valence-electron chi connectivity index (χ1n) is 6.06. The number of nitrogens with zero attached hydrogens (tertiary/aromatic N) is 3. The molecule has 2 heterocycles. The molecule has 0 saturated heterocycles. The molecule has 7 heteroatoms. The molecule has 2 aromatic heterocycles. The van der Waals surface area contributed by atoms with Gasteiger partial charge in [-0.05, 0) is 48.8 Å². The Morgan fingerprint density at radius 2 is 2.10 bits per heavy atom. The zero-order chi connectivity index (χ0) is 14.9. The van der Waals surface area contributed by atoms with E-state index in [1.165, 1.54) is 0 Å². The van der Waals surface area contributed by atoms with Gasteiger partial charge in [0.2, 0.25) is 5.95 Å². The van der Waals surface area contributed by atoms with Crippen molar-refractivity contribution >= 4 is 39.4 Å². The van der Waals surface area contributed by atoms with Crippen LogP contribution < -0.4 is 5.32 Å². The smallest absolute Gasteiger partial charge is 0.274 e. The maximum Gasteiger partial charge on any atom is 0.274 e. The Hall–Kier alpha value is -1.40. The van der Waals surface area contributed by atoms with E-state index in [-0.39, 0.29) is 17.9 Å². The van der Waals surface area contributed by atoms with Crippen molar-refractivity contribution in [2.24, 2.45) is 0 Å². The van der Waals surface area contributed by atoms with Gasteiger partial charge in [-0.15, -0.1) is 0 Å². The van der Waals surface area contributed by atoms with Crippen LogP contribution in [0, 0.1) is 6.92 Å². The molecule has 20 heavy (non-hydrogen) atoms. The van der Waals surface area contributed by atoms with E-state index in [4.69, 9.17) is 11.6 Å². The van der Waals surface area contributed by atoms with E-state index < -0.39 is 0 Å². The monoisotopic (exact) mass is 356 g/mol. The van der Waals surface area contributed by atoms with Crippen molar-refractivity contribution in [1.29, 1.82) is 0 Å². The molecule has 0 radical (unpaired) electrons. The number of anilines is 1. The lowest BCUT2D eigenvalue weighted by Gasteiger charge is -2.12. The second-order valence-electron chi connectivity index (χ2n) is 4.65. The third kappa shape index (κ3) is 3.37. The molecule has 1 N–H and O–H groups in total. The minimum absolute atomic E-state index is 0.170. The van der Waals surface area contributed by atoms with Gasteiger partial charge in [0.05, 0.1) is 0 Å². The van der Waals surface area contributed by atoms with E-state index in [2.05, 4.69) is 31.2 Å². The van der Waals surface area contributed by atoms with Gasteiger partial charge in [0.15, 0.2) is 0 Å². The van der Waals surface area contributed by atoms with Gasteiger partial charge in [-0.2, -0.15) is 0 Å². The van der Waals surface area contributed by atoms with Crippen LogP contribution in [0.25, 0.3) is 0 Å². The molecule has 0 fully saturated rings. The van der Waals surface area contributed by atoms with Crippen LogP contribution >= 0.6 is 27.5 Å². The Kier molecular flexibility index (Phi) is 4.45. The van der Waals surface area contributed by atoms with E-state index in [9.17, 15) is 4.79 Å². The van der Waals surface area contributed by atoms with Crippen LogP contribution in [0.1, 0.15) is 36.1 Å². The molecular weight excluding hydrogens is 344 g/mol. The summed E-state index contributed by atoms with van der Waals surface area (Å²) < 4.78 is 2.72. The van der Waals surface area contributed by atoms with Gasteiger partial charge in [0.25, 0.3) is 5.91 Å². The number of carbonyl (C=O) groups excluding carboxylic acids is 1. The van der Waals surface area contributed by atoms with Crippen molar-refractivity contribution < 1.29 is 4.79 Å². The van der Waals surface area contributed by atoms with Crippen LogP contribution in [0.5, 0.6) is 0 Å². The molecule has 0 spiro atoms. The summed E-state index contributed by atoms with van der Waals surface area (Å²) in [4.78, 5) is 20.4. The van der Waals surface area contributed by atoms with Gasteiger partial charge in [-0.3, -0.25) is 10.1 Å². The quantitative estimate of drug-likeness (QED) is 0.849. The van der Waals surface area contributed by atoms with Crippen molar-refractivity contribution in [3.05, 3.63) is 39.3 Å². The Morgan fingerprint density at radius 1 is 1.40 bits per heavy atom. The van der Waals surface area contributed by atoms with Crippen molar-refractivity contribution in [2.75, 3.05) is 5.32 Å². The fourth-order valence-corrected chi connectivity index (χ4v) is 2.48. The number of amides is 1. The maximum atomic E-state index is 12.3. The predicted octanol–water partition coefficient (Wildman–Crippen LogP) is 3.84. The molecule has 0 saturated carbocycles.